The van der Waals surface area contributed by atoms with Gasteiger partial charge in [-0.2, -0.15) is 0 Å². The van der Waals surface area contributed by atoms with Gasteiger partial charge in [0.05, 0.1) is 18.2 Å². The lowest BCUT2D eigenvalue weighted by molar-refractivity contribution is 0.0696. The summed E-state index contributed by atoms with van der Waals surface area (Å²) in [5.74, 6) is 5.42. The Morgan fingerprint density at radius 2 is 1.80 bits per heavy atom. The van der Waals surface area contributed by atoms with Crippen molar-refractivity contribution < 1.29 is 19.7 Å². The number of benzene rings is 2. The topological polar surface area (TPSA) is 66.8 Å². The van der Waals surface area contributed by atoms with Gasteiger partial charge >= 0.3 is 5.97 Å². The summed E-state index contributed by atoms with van der Waals surface area (Å²) in [4.78, 5) is 10.9. The number of phenolic OH excluding ortho intramolecular Hbond substituents is 1. The number of methoxy groups -OCH3 is 1. The van der Waals surface area contributed by atoms with Gasteiger partial charge < -0.3 is 14.9 Å². The fourth-order valence-electron chi connectivity index (χ4n) is 1.61. The third-order valence-corrected chi connectivity index (χ3v) is 2.66. The molecule has 0 bridgehead atoms. The van der Waals surface area contributed by atoms with Gasteiger partial charge in [0.1, 0.15) is 11.5 Å². The highest BCUT2D eigenvalue weighted by atomic mass is 16.5. The van der Waals surface area contributed by atoms with Crippen LogP contribution in [-0.2, 0) is 0 Å². The molecule has 0 aliphatic rings. The highest BCUT2D eigenvalue weighted by Crippen LogP contribution is 2.19. The van der Waals surface area contributed by atoms with Crippen LogP contribution < -0.4 is 4.74 Å². The van der Waals surface area contributed by atoms with E-state index in [1.54, 1.807) is 30.3 Å². The molecule has 0 saturated heterocycles. The van der Waals surface area contributed by atoms with Gasteiger partial charge in [-0.3, -0.25) is 0 Å². The zero-order valence-corrected chi connectivity index (χ0v) is 10.8. The Labute approximate surface area is 116 Å². The molecule has 2 rings (SSSR count). The summed E-state index contributed by atoms with van der Waals surface area (Å²) in [7, 11) is 1.46. The number of rotatable bonds is 2. The Morgan fingerprint density at radius 3 is 2.40 bits per heavy atom. The summed E-state index contributed by atoms with van der Waals surface area (Å²) in [5, 5.41) is 18.1. The van der Waals surface area contributed by atoms with Crippen LogP contribution in [0.15, 0.2) is 42.5 Å². The second-order valence-corrected chi connectivity index (χ2v) is 4.02. The lowest BCUT2D eigenvalue weighted by atomic mass is 10.1. The maximum Gasteiger partial charge on any atom is 0.335 e. The van der Waals surface area contributed by atoms with E-state index in [2.05, 4.69) is 11.8 Å². The molecule has 0 atom stereocenters. The molecule has 0 spiro atoms. The van der Waals surface area contributed by atoms with Gasteiger partial charge in [0.2, 0.25) is 0 Å². The van der Waals surface area contributed by atoms with Crippen LogP contribution in [0, 0.1) is 11.8 Å². The van der Waals surface area contributed by atoms with E-state index < -0.39 is 5.97 Å². The molecule has 0 aromatic heterocycles. The number of ether oxygens (including phenoxy) is 1. The third-order valence-electron chi connectivity index (χ3n) is 2.66. The summed E-state index contributed by atoms with van der Waals surface area (Å²) in [6.45, 7) is 0. The molecule has 0 radical (unpaired) electrons. The fourth-order valence-corrected chi connectivity index (χ4v) is 1.61. The number of carboxylic acid groups (broad SMARTS) is 1. The van der Waals surface area contributed by atoms with Gasteiger partial charge in [-0.05, 0) is 42.5 Å². The molecule has 0 unspecified atom stereocenters. The van der Waals surface area contributed by atoms with Gasteiger partial charge in [0.25, 0.3) is 0 Å². The van der Waals surface area contributed by atoms with Crippen molar-refractivity contribution in [1.82, 2.24) is 0 Å². The number of carboxylic acids is 1. The van der Waals surface area contributed by atoms with Crippen molar-refractivity contribution in [2.75, 3.05) is 7.11 Å². The van der Waals surface area contributed by atoms with E-state index in [1.165, 1.54) is 19.2 Å². The van der Waals surface area contributed by atoms with Crippen molar-refractivity contribution in [3.8, 4) is 23.3 Å². The lowest BCUT2D eigenvalue weighted by Crippen LogP contribution is -1.98. The molecule has 0 aliphatic heterocycles. The van der Waals surface area contributed by atoms with E-state index in [1.807, 2.05) is 0 Å². The molecule has 0 aliphatic carbocycles. The van der Waals surface area contributed by atoms with E-state index in [0.29, 0.717) is 11.3 Å². The highest BCUT2D eigenvalue weighted by molar-refractivity contribution is 5.88. The second-order valence-electron chi connectivity index (χ2n) is 4.02. The van der Waals surface area contributed by atoms with Crippen LogP contribution in [0.5, 0.6) is 11.5 Å². The number of carbonyl (C=O) groups is 1. The molecule has 2 aromatic rings. The van der Waals surface area contributed by atoms with Crippen molar-refractivity contribution >= 4 is 5.97 Å². The molecule has 0 heterocycles. The van der Waals surface area contributed by atoms with Crippen LogP contribution in [0.3, 0.4) is 0 Å². The maximum absolute atomic E-state index is 10.9. The standard InChI is InChI=1S/C16H12O4/c1-20-15-10-13(16(18)19)7-6-12(15)5-2-11-3-8-14(17)9-4-11/h3-4,6-10,17H,1H3,(H,18,19). The minimum atomic E-state index is -1.01. The van der Waals surface area contributed by atoms with Crippen molar-refractivity contribution in [3.05, 3.63) is 59.2 Å². The van der Waals surface area contributed by atoms with Crippen LogP contribution >= 0.6 is 0 Å². The number of aromatic carboxylic acids is 1. The molecule has 2 aromatic carbocycles. The fraction of sp³-hybridized carbons (Fsp3) is 0.0625. The van der Waals surface area contributed by atoms with E-state index in [4.69, 9.17) is 9.84 Å². The first-order valence-electron chi connectivity index (χ1n) is 5.82. The van der Waals surface area contributed by atoms with E-state index in [-0.39, 0.29) is 11.3 Å². The summed E-state index contributed by atoms with van der Waals surface area (Å²) >= 11 is 0. The molecular weight excluding hydrogens is 256 g/mol. The number of hydrogen-bond acceptors (Lipinski definition) is 3. The Bertz CT molecular complexity index is 691. The molecule has 0 amide bonds. The number of aromatic hydroxyl groups is 1. The average molecular weight is 268 g/mol. The molecule has 2 N–H and O–H groups in total. The highest BCUT2D eigenvalue weighted by Gasteiger charge is 2.07. The smallest absolute Gasteiger partial charge is 0.335 e. The predicted molar refractivity (Wildman–Crippen MR) is 74.0 cm³/mol. The van der Waals surface area contributed by atoms with Crippen molar-refractivity contribution in [3.63, 3.8) is 0 Å². The minimum Gasteiger partial charge on any atom is -0.508 e. The lowest BCUT2D eigenvalue weighted by Gasteiger charge is -2.04. The first kappa shape index (κ1) is 13.5. The van der Waals surface area contributed by atoms with Crippen molar-refractivity contribution in [1.29, 1.82) is 0 Å². The molecule has 100 valence electrons. The van der Waals surface area contributed by atoms with Crippen LogP contribution in [-0.4, -0.2) is 23.3 Å². The van der Waals surface area contributed by atoms with Gasteiger partial charge in [-0.25, -0.2) is 4.79 Å². The third kappa shape index (κ3) is 3.09. The first-order valence-corrected chi connectivity index (χ1v) is 5.82. The number of hydrogen-bond donors (Lipinski definition) is 2. The van der Waals surface area contributed by atoms with E-state index in [0.717, 1.165) is 5.56 Å². The predicted octanol–water partition coefficient (Wildman–Crippen LogP) is 2.50. The Morgan fingerprint density at radius 1 is 1.10 bits per heavy atom. The Balaban J connectivity index is 2.34. The zero-order valence-electron chi connectivity index (χ0n) is 10.8. The monoisotopic (exact) mass is 268 g/mol. The largest absolute Gasteiger partial charge is 0.508 e. The van der Waals surface area contributed by atoms with Crippen molar-refractivity contribution in [2.24, 2.45) is 0 Å². The number of phenols is 1. The first-order chi connectivity index (χ1) is 9.60. The molecule has 4 heteroatoms. The van der Waals surface area contributed by atoms with Gasteiger partial charge in [-0.15, -0.1) is 0 Å². The molecule has 20 heavy (non-hydrogen) atoms. The molecule has 0 saturated carbocycles. The SMILES string of the molecule is COc1cc(C(=O)O)ccc1C#Cc1ccc(O)cc1. The Hall–Kier alpha value is -2.93. The quantitative estimate of drug-likeness (QED) is 0.821. The summed E-state index contributed by atoms with van der Waals surface area (Å²) < 4.78 is 5.14. The van der Waals surface area contributed by atoms with E-state index in [9.17, 15) is 9.90 Å². The molecule has 0 fully saturated rings. The van der Waals surface area contributed by atoms with Gasteiger partial charge in [0.15, 0.2) is 0 Å². The summed E-state index contributed by atoms with van der Waals surface area (Å²) in [5.41, 5.74) is 1.50. The van der Waals surface area contributed by atoms with E-state index >= 15 is 0 Å². The van der Waals surface area contributed by atoms with Crippen LogP contribution in [0.4, 0.5) is 0 Å². The van der Waals surface area contributed by atoms with Crippen LogP contribution in [0.2, 0.25) is 0 Å². The molecular formula is C16H12O4. The minimum absolute atomic E-state index is 0.150. The zero-order chi connectivity index (χ0) is 14.5. The summed E-state index contributed by atoms with van der Waals surface area (Å²) in [6, 6.07) is 11.0. The maximum atomic E-state index is 10.9. The second kappa shape index (κ2) is 5.81. The van der Waals surface area contributed by atoms with Crippen LogP contribution in [0.1, 0.15) is 21.5 Å². The van der Waals surface area contributed by atoms with Gasteiger partial charge in [-0.1, -0.05) is 11.8 Å². The normalized spacial score (nSPS) is 9.45. The summed E-state index contributed by atoms with van der Waals surface area (Å²) in [6.07, 6.45) is 0. The van der Waals surface area contributed by atoms with Crippen molar-refractivity contribution in [2.45, 2.75) is 0 Å². The average Bonchev–Trinajstić information content (AvgIpc) is 2.46. The van der Waals surface area contributed by atoms with Crippen LogP contribution in [0.25, 0.3) is 0 Å². The van der Waals surface area contributed by atoms with Gasteiger partial charge in [0, 0.05) is 5.56 Å². The Kier molecular flexibility index (Phi) is 3.92. The molecule has 4 nitrogen and oxygen atoms in total.